The van der Waals surface area contributed by atoms with E-state index in [1.165, 1.54) is 12.8 Å². The van der Waals surface area contributed by atoms with E-state index < -0.39 is 0 Å². The monoisotopic (exact) mass is 304 g/mol. The van der Waals surface area contributed by atoms with Gasteiger partial charge in [-0.05, 0) is 48.8 Å². The molecule has 0 spiro atoms. The Hall–Kier alpha value is -0.0800. The van der Waals surface area contributed by atoms with Gasteiger partial charge in [-0.2, -0.15) is 0 Å². The van der Waals surface area contributed by atoms with E-state index in [9.17, 15) is 4.39 Å². The van der Waals surface area contributed by atoms with Crippen LogP contribution in [0.2, 0.25) is 5.02 Å². The highest BCUT2D eigenvalue weighted by Crippen LogP contribution is 2.38. The highest BCUT2D eigenvalue weighted by Gasteiger charge is 2.30. The SMILES string of the molecule is CC1C(Br)CCC1Cc1ccc(Cl)c(F)c1. The van der Waals surface area contributed by atoms with Gasteiger partial charge in [0.25, 0.3) is 0 Å². The van der Waals surface area contributed by atoms with E-state index in [4.69, 9.17) is 11.6 Å². The van der Waals surface area contributed by atoms with Crippen LogP contribution in [0.25, 0.3) is 0 Å². The molecule has 2 rings (SSSR count). The number of alkyl halides is 1. The van der Waals surface area contributed by atoms with Gasteiger partial charge < -0.3 is 0 Å². The van der Waals surface area contributed by atoms with Crippen molar-refractivity contribution >= 4 is 27.5 Å². The lowest BCUT2D eigenvalue weighted by Crippen LogP contribution is -2.13. The molecule has 1 aromatic carbocycles. The van der Waals surface area contributed by atoms with Crippen molar-refractivity contribution in [1.29, 1.82) is 0 Å². The summed E-state index contributed by atoms with van der Waals surface area (Å²) in [5, 5.41) is 0.210. The van der Waals surface area contributed by atoms with E-state index >= 15 is 0 Å². The first kappa shape index (κ1) is 12.4. The minimum atomic E-state index is -0.305. The number of rotatable bonds is 2. The fourth-order valence-corrected chi connectivity index (χ4v) is 3.27. The first-order valence-corrected chi connectivity index (χ1v) is 6.95. The summed E-state index contributed by atoms with van der Waals surface area (Å²) in [5.41, 5.74) is 1.06. The molecule has 0 aliphatic heterocycles. The maximum atomic E-state index is 13.3. The lowest BCUT2D eigenvalue weighted by Gasteiger charge is -2.17. The van der Waals surface area contributed by atoms with Crippen molar-refractivity contribution in [3.05, 3.63) is 34.6 Å². The largest absolute Gasteiger partial charge is 0.205 e. The van der Waals surface area contributed by atoms with Crippen LogP contribution in [0.5, 0.6) is 0 Å². The van der Waals surface area contributed by atoms with Gasteiger partial charge in [-0.15, -0.1) is 0 Å². The van der Waals surface area contributed by atoms with E-state index in [2.05, 4.69) is 22.9 Å². The van der Waals surface area contributed by atoms with E-state index in [1.54, 1.807) is 12.1 Å². The van der Waals surface area contributed by atoms with Crippen LogP contribution in [0, 0.1) is 17.7 Å². The number of benzene rings is 1. The average molecular weight is 306 g/mol. The zero-order chi connectivity index (χ0) is 11.7. The first-order valence-electron chi connectivity index (χ1n) is 5.66. The standard InChI is InChI=1S/C13H15BrClF/c1-8-10(3-4-11(8)14)6-9-2-5-12(15)13(16)7-9/h2,5,7-8,10-11H,3-4,6H2,1H3. The summed E-state index contributed by atoms with van der Waals surface area (Å²) in [6, 6.07) is 5.15. The van der Waals surface area contributed by atoms with Crippen molar-refractivity contribution in [3.63, 3.8) is 0 Å². The Bertz CT molecular complexity index is 380. The Balaban J connectivity index is 2.07. The van der Waals surface area contributed by atoms with Gasteiger partial charge in [-0.3, -0.25) is 0 Å². The normalized spacial score (nSPS) is 29.6. The molecule has 0 amide bonds. The second kappa shape index (κ2) is 5.05. The van der Waals surface area contributed by atoms with Gasteiger partial charge in [0.2, 0.25) is 0 Å². The molecule has 0 aromatic heterocycles. The van der Waals surface area contributed by atoms with E-state index in [0.717, 1.165) is 12.0 Å². The molecular formula is C13H15BrClF. The lowest BCUT2D eigenvalue weighted by molar-refractivity contribution is 0.423. The summed E-state index contributed by atoms with van der Waals surface area (Å²) < 4.78 is 13.3. The van der Waals surface area contributed by atoms with Crippen molar-refractivity contribution in [2.45, 2.75) is 31.0 Å². The molecular weight excluding hydrogens is 290 g/mol. The van der Waals surface area contributed by atoms with E-state index in [0.29, 0.717) is 16.7 Å². The Labute approximate surface area is 109 Å². The van der Waals surface area contributed by atoms with Crippen molar-refractivity contribution in [2.75, 3.05) is 0 Å². The Morgan fingerprint density at radius 3 is 2.75 bits per heavy atom. The Kier molecular flexibility index (Phi) is 3.91. The number of hydrogen-bond donors (Lipinski definition) is 0. The summed E-state index contributed by atoms with van der Waals surface area (Å²) in [6.07, 6.45) is 3.40. The zero-order valence-electron chi connectivity index (χ0n) is 9.22. The summed E-state index contributed by atoms with van der Waals surface area (Å²) in [6.45, 7) is 2.27. The van der Waals surface area contributed by atoms with Crippen molar-refractivity contribution in [2.24, 2.45) is 11.8 Å². The molecule has 1 aromatic rings. The predicted octanol–water partition coefficient (Wildman–Crippen LogP) is 4.83. The summed E-state index contributed by atoms with van der Waals surface area (Å²) >= 11 is 9.35. The van der Waals surface area contributed by atoms with Crippen LogP contribution in [0.3, 0.4) is 0 Å². The Morgan fingerprint density at radius 2 is 2.19 bits per heavy atom. The van der Waals surface area contributed by atoms with Gasteiger partial charge in [0.15, 0.2) is 0 Å². The predicted molar refractivity (Wildman–Crippen MR) is 69.7 cm³/mol. The summed E-state index contributed by atoms with van der Waals surface area (Å²) in [4.78, 5) is 0.620. The van der Waals surface area contributed by atoms with Crippen molar-refractivity contribution in [3.8, 4) is 0 Å². The van der Waals surface area contributed by atoms with Crippen LogP contribution in [0.15, 0.2) is 18.2 Å². The molecule has 1 aliphatic carbocycles. The van der Waals surface area contributed by atoms with Crippen molar-refractivity contribution in [1.82, 2.24) is 0 Å². The van der Waals surface area contributed by atoms with Gasteiger partial charge in [-0.25, -0.2) is 4.39 Å². The van der Waals surface area contributed by atoms with Crippen molar-refractivity contribution < 1.29 is 4.39 Å². The molecule has 88 valence electrons. The molecule has 1 fully saturated rings. The van der Waals surface area contributed by atoms with Crippen LogP contribution in [0.1, 0.15) is 25.3 Å². The first-order chi connectivity index (χ1) is 7.58. The third kappa shape index (κ3) is 2.60. The maximum Gasteiger partial charge on any atom is 0.142 e. The highest BCUT2D eigenvalue weighted by atomic mass is 79.9. The molecule has 3 heteroatoms. The molecule has 0 saturated heterocycles. The van der Waals surface area contributed by atoms with Gasteiger partial charge in [-0.1, -0.05) is 40.5 Å². The quantitative estimate of drug-likeness (QED) is 0.686. The van der Waals surface area contributed by atoms with Gasteiger partial charge in [0.1, 0.15) is 5.82 Å². The van der Waals surface area contributed by atoms with Crippen LogP contribution < -0.4 is 0 Å². The molecule has 3 atom stereocenters. The molecule has 0 heterocycles. The molecule has 0 N–H and O–H groups in total. The highest BCUT2D eigenvalue weighted by molar-refractivity contribution is 9.09. The second-order valence-electron chi connectivity index (χ2n) is 4.67. The van der Waals surface area contributed by atoms with Crippen LogP contribution in [0.4, 0.5) is 4.39 Å². The van der Waals surface area contributed by atoms with Gasteiger partial charge in [0.05, 0.1) is 5.02 Å². The van der Waals surface area contributed by atoms with Crippen LogP contribution in [-0.2, 0) is 6.42 Å². The topological polar surface area (TPSA) is 0 Å². The molecule has 16 heavy (non-hydrogen) atoms. The molecule has 0 bridgehead atoms. The lowest BCUT2D eigenvalue weighted by atomic mass is 9.91. The molecule has 1 saturated carbocycles. The molecule has 0 radical (unpaired) electrons. The second-order valence-corrected chi connectivity index (χ2v) is 6.25. The molecule has 3 unspecified atom stereocenters. The number of halogens is 3. The smallest absolute Gasteiger partial charge is 0.142 e. The zero-order valence-corrected chi connectivity index (χ0v) is 11.6. The third-order valence-corrected chi connectivity index (χ3v) is 5.21. The van der Waals surface area contributed by atoms with E-state index in [-0.39, 0.29) is 10.8 Å². The minimum absolute atomic E-state index is 0.210. The Morgan fingerprint density at radius 1 is 1.44 bits per heavy atom. The van der Waals surface area contributed by atoms with Crippen LogP contribution in [-0.4, -0.2) is 4.83 Å². The van der Waals surface area contributed by atoms with Crippen LogP contribution >= 0.6 is 27.5 Å². The number of hydrogen-bond acceptors (Lipinski definition) is 0. The fourth-order valence-electron chi connectivity index (χ4n) is 2.45. The molecule has 1 aliphatic rings. The summed E-state index contributed by atoms with van der Waals surface area (Å²) in [5.74, 6) is 1.02. The fraction of sp³-hybridized carbons (Fsp3) is 0.538. The third-order valence-electron chi connectivity index (χ3n) is 3.61. The van der Waals surface area contributed by atoms with E-state index in [1.807, 2.05) is 6.07 Å². The summed E-state index contributed by atoms with van der Waals surface area (Å²) in [7, 11) is 0. The minimum Gasteiger partial charge on any atom is -0.205 e. The maximum absolute atomic E-state index is 13.3. The molecule has 0 nitrogen and oxygen atoms in total. The van der Waals surface area contributed by atoms with Gasteiger partial charge in [0, 0.05) is 4.83 Å². The average Bonchev–Trinajstić information content (AvgIpc) is 2.55. The van der Waals surface area contributed by atoms with Gasteiger partial charge >= 0.3 is 0 Å².